The van der Waals surface area contributed by atoms with E-state index in [4.69, 9.17) is 21.8 Å². The first-order valence-corrected chi connectivity index (χ1v) is 3.92. The van der Waals surface area contributed by atoms with Crippen LogP contribution in [0.5, 0.6) is 5.75 Å². The van der Waals surface area contributed by atoms with E-state index < -0.39 is 12.1 Å². The van der Waals surface area contributed by atoms with Crippen LogP contribution < -0.4 is 4.94 Å². The molecule has 0 aliphatic carbocycles. The average molecular weight is 221 g/mol. The largest absolute Gasteiger partial charge is 0.479 e. The molecule has 0 amide bonds. The number of hydrogen-bond donors (Lipinski definition) is 2. The van der Waals surface area contributed by atoms with E-state index in [1.54, 1.807) is 0 Å². The summed E-state index contributed by atoms with van der Waals surface area (Å²) >= 11 is 5.53. The molecule has 1 atom stereocenters. The van der Waals surface area contributed by atoms with Gasteiger partial charge in [-0.2, -0.15) is 0 Å². The van der Waals surface area contributed by atoms with Crippen molar-refractivity contribution in [3.8, 4) is 5.75 Å². The van der Waals surface area contributed by atoms with Crippen molar-refractivity contribution in [2.45, 2.75) is 6.10 Å². The summed E-state index contributed by atoms with van der Waals surface area (Å²) in [5, 5.41) is 17.6. The lowest BCUT2D eigenvalue weighted by molar-refractivity contribution is -0.146. The third kappa shape index (κ3) is 2.34. The van der Waals surface area contributed by atoms with Crippen LogP contribution in [-0.2, 0) is 4.79 Å². The number of halogens is 2. The smallest absolute Gasteiger partial charge is 0.337 e. The Morgan fingerprint density at radius 3 is 2.64 bits per heavy atom. The van der Waals surface area contributed by atoms with E-state index in [2.05, 4.69) is 4.94 Å². The molecule has 0 heterocycles. The number of aliphatic carboxylic acids is 1. The second-order valence-electron chi connectivity index (χ2n) is 2.54. The molecule has 0 unspecified atom stereocenters. The highest BCUT2D eigenvalue weighted by molar-refractivity contribution is 6.30. The van der Waals surface area contributed by atoms with E-state index in [0.717, 1.165) is 12.1 Å². The van der Waals surface area contributed by atoms with Gasteiger partial charge in [0.1, 0.15) is 0 Å². The quantitative estimate of drug-likeness (QED) is 0.814. The number of carboxylic acid groups (broad SMARTS) is 1. The van der Waals surface area contributed by atoms with Crippen molar-refractivity contribution in [2.24, 2.45) is 0 Å². The van der Waals surface area contributed by atoms with Gasteiger partial charge in [-0.15, -0.1) is 0 Å². The van der Waals surface area contributed by atoms with Gasteiger partial charge in [0.2, 0.25) is 0 Å². The Labute approximate surface area is 83.4 Å². The third-order valence-electron chi connectivity index (χ3n) is 1.53. The Morgan fingerprint density at radius 1 is 1.50 bits per heavy atom. The monoisotopic (exact) mass is 220 g/mol. The number of carboxylic acids is 1. The molecule has 1 aromatic carbocycles. The molecule has 76 valence electrons. The first-order valence-electron chi connectivity index (χ1n) is 3.54. The Hall–Kier alpha value is -1.33. The molecule has 0 fully saturated rings. The van der Waals surface area contributed by atoms with Gasteiger partial charge in [0.05, 0.1) is 0 Å². The summed E-state index contributed by atoms with van der Waals surface area (Å²) in [6.45, 7) is 0. The normalized spacial score (nSPS) is 12.2. The Kier molecular flexibility index (Phi) is 3.27. The molecular weight excluding hydrogens is 215 g/mol. The molecule has 0 radical (unpaired) electrons. The summed E-state index contributed by atoms with van der Waals surface area (Å²) in [6, 6.07) is 3.41. The topological polar surface area (TPSA) is 66.8 Å². The molecule has 1 rings (SSSR count). The van der Waals surface area contributed by atoms with Gasteiger partial charge in [0.25, 0.3) is 0 Å². The summed E-state index contributed by atoms with van der Waals surface area (Å²) in [7, 11) is 0. The van der Waals surface area contributed by atoms with Crippen LogP contribution in [0.15, 0.2) is 18.2 Å². The van der Waals surface area contributed by atoms with E-state index in [-0.39, 0.29) is 16.3 Å². The standard InChI is InChI=1S/C8H6ClFO4/c9-5-1-4(7(11)8(12)13)2-6(3-5)14-10/h1-3,7,11H,(H,12,13)/t7-/m1/s1. The fraction of sp³-hybridized carbons (Fsp3) is 0.125. The molecule has 0 spiro atoms. The van der Waals surface area contributed by atoms with Crippen molar-refractivity contribution in [3.63, 3.8) is 0 Å². The summed E-state index contributed by atoms with van der Waals surface area (Å²) in [6.07, 6.45) is -1.75. The van der Waals surface area contributed by atoms with Gasteiger partial charge >= 0.3 is 5.97 Å². The van der Waals surface area contributed by atoms with E-state index in [1.807, 2.05) is 0 Å². The minimum atomic E-state index is -1.75. The first kappa shape index (κ1) is 10.7. The van der Waals surface area contributed by atoms with Crippen LogP contribution in [0.3, 0.4) is 0 Å². The number of rotatable bonds is 3. The van der Waals surface area contributed by atoms with Gasteiger partial charge in [-0.1, -0.05) is 11.6 Å². The molecule has 0 bridgehead atoms. The second-order valence-corrected chi connectivity index (χ2v) is 2.97. The molecule has 0 saturated carbocycles. The number of benzene rings is 1. The number of carbonyl (C=O) groups is 1. The van der Waals surface area contributed by atoms with Gasteiger partial charge in [-0.3, -0.25) is 4.94 Å². The van der Waals surface area contributed by atoms with E-state index in [0.29, 0.717) is 0 Å². The van der Waals surface area contributed by atoms with Gasteiger partial charge in [0.15, 0.2) is 11.9 Å². The zero-order chi connectivity index (χ0) is 10.7. The molecule has 0 aliphatic heterocycles. The highest BCUT2D eigenvalue weighted by Gasteiger charge is 2.17. The van der Waals surface area contributed by atoms with Crippen molar-refractivity contribution in [1.82, 2.24) is 0 Å². The average Bonchev–Trinajstić information content (AvgIpc) is 2.15. The summed E-state index contributed by atoms with van der Waals surface area (Å²) in [5.41, 5.74) is -0.0438. The van der Waals surface area contributed by atoms with Crippen LogP contribution >= 0.6 is 11.6 Å². The van der Waals surface area contributed by atoms with Crippen LogP contribution in [0.4, 0.5) is 4.53 Å². The minimum Gasteiger partial charge on any atom is -0.479 e. The Balaban J connectivity index is 3.08. The van der Waals surface area contributed by atoms with Crippen LogP contribution in [0, 0.1) is 0 Å². The van der Waals surface area contributed by atoms with Gasteiger partial charge in [-0.05, 0) is 17.7 Å². The Bertz CT molecular complexity index is 355. The van der Waals surface area contributed by atoms with Gasteiger partial charge < -0.3 is 10.2 Å². The fourth-order valence-electron chi connectivity index (χ4n) is 0.929. The van der Waals surface area contributed by atoms with Gasteiger partial charge in [0, 0.05) is 15.6 Å². The molecule has 0 aliphatic rings. The molecule has 14 heavy (non-hydrogen) atoms. The zero-order valence-corrected chi connectivity index (χ0v) is 7.53. The Morgan fingerprint density at radius 2 is 2.14 bits per heavy atom. The molecule has 1 aromatic rings. The van der Waals surface area contributed by atoms with Crippen LogP contribution in [0.1, 0.15) is 11.7 Å². The maximum Gasteiger partial charge on any atom is 0.337 e. The van der Waals surface area contributed by atoms with Crippen molar-refractivity contribution in [3.05, 3.63) is 28.8 Å². The van der Waals surface area contributed by atoms with Crippen molar-refractivity contribution in [1.29, 1.82) is 0 Å². The molecule has 0 aromatic heterocycles. The predicted molar refractivity (Wildman–Crippen MR) is 45.8 cm³/mol. The number of aliphatic hydroxyl groups is 1. The molecule has 6 heteroatoms. The lowest BCUT2D eigenvalue weighted by Gasteiger charge is -2.06. The first-order chi connectivity index (χ1) is 6.54. The maximum atomic E-state index is 11.8. The molecule has 4 nitrogen and oxygen atoms in total. The van der Waals surface area contributed by atoms with Crippen molar-refractivity contribution < 1.29 is 24.5 Å². The SMILES string of the molecule is O=C(O)[C@H](O)c1cc(Cl)cc(OF)c1. The lowest BCUT2D eigenvalue weighted by atomic mass is 10.1. The summed E-state index contributed by atoms with van der Waals surface area (Å²) < 4.78 is 11.8. The maximum absolute atomic E-state index is 11.8. The van der Waals surface area contributed by atoms with Crippen molar-refractivity contribution >= 4 is 17.6 Å². The van der Waals surface area contributed by atoms with Crippen LogP contribution in [0.25, 0.3) is 0 Å². The summed E-state index contributed by atoms with van der Waals surface area (Å²) in [4.78, 5) is 13.8. The number of hydrogen-bond acceptors (Lipinski definition) is 3. The van der Waals surface area contributed by atoms with Crippen molar-refractivity contribution in [2.75, 3.05) is 0 Å². The fourth-order valence-corrected chi connectivity index (χ4v) is 1.16. The lowest BCUT2D eigenvalue weighted by Crippen LogP contribution is -2.10. The van der Waals surface area contributed by atoms with Gasteiger partial charge in [-0.25, -0.2) is 4.79 Å². The van der Waals surface area contributed by atoms with Crippen LogP contribution in [0.2, 0.25) is 5.02 Å². The highest BCUT2D eigenvalue weighted by Crippen LogP contribution is 2.25. The van der Waals surface area contributed by atoms with E-state index in [1.165, 1.54) is 6.07 Å². The highest BCUT2D eigenvalue weighted by atomic mass is 35.5. The van der Waals surface area contributed by atoms with E-state index in [9.17, 15) is 9.32 Å². The molecule has 2 N–H and O–H groups in total. The third-order valence-corrected chi connectivity index (χ3v) is 1.75. The zero-order valence-electron chi connectivity index (χ0n) is 6.78. The molecule has 0 saturated heterocycles. The minimum absolute atomic E-state index is 0.0438. The second kappa shape index (κ2) is 4.26. The predicted octanol–water partition coefficient (Wildman–Crippen LogP) is 1.72. The summed E-state index contributed by atoms with van der Waals surface area (Å²) in [5.74, 6) is -1.70. The molecular formula is C8H6ClFO4. The van der Waals surface area contributed by atoms with Crippen LogP contribution in [-0.4, -0.2) is 16.2 Å². The number of aliphatic hydroxyl groups excluding tert-OH is 1. The van der Waals surface area contributed by atoms with E-state index >= 15 is 0 Å².